The number of amides is 1. The zero-order valence-electron chi connectivity index (χ0n) is 13.8. The molecule has 1 fully saturated rings. The standard InChI is InChI=1S/C18H28N2O2/c1-3-18(14-21)8-10-20(11-9-18)13-17(22)19-12-16-7-5-4-6-15(16)2/h4-7,21H,3,8-14H2,1-2H3,(H,19,22). The second-order valence-electron chi connectivity index (χ2n) is 6.49. The molecule has 0 aromatic heterocycles. The minimum absolute atomic E-state index is 0.0775. The van der Waals surface area contributed by atoms with Crippen LogP contribution in [0.3, 0.4) is 0 Å². The van der Waals surface area contributed by atoms with Gasteiger partial charge in [-0.1, -0.05) is 31.2 Å². The van der Waals surface area contributed by atoms with Crippen LogP contribution < -0.4 is 5.32 Å². The number of aliphatic hydroxyl groups is 1. The van der Waals surface area contributed by atoms with Gasteiger partial charge in [-0.05, 0) is 55.8 Å². The topological polar surface area (TPSA) is 52.6 Å². The summed E-state index contributed by atoms with van der Waals surface area (Å²) in [5.41, 5.74) is 2.45. The van der Waals surface area contributed by atoms with E-state index in [2.05, 4.69) is 30.1 Å². The molecule has 1 aromatic rings. The third-order valence-electron chi connectivity index (χ3n) is 5.11. The van der Waals surface area contributed by atoms with E-state index in [0.29, 0.717) is 13.1 Å². The average Bonchev–Trinajstić information content (AvgIpc) is 2.55. The molecule has 4 nitrogen and oxygen atoms in total. The minimum atomic E-state index is 0.0775. The van der Waals surface area contributed by atoms with Gasteiger partial charge in [-0.3, -0.25) is 9.69 Å². The van der Waals surface area contributed by atoms with Gasteiger partial charge in [-0.25, -0.2) is 0 Å². The number of nitrogens with zero attached hydrogens (tertiary/aromatic N) is 1. The fraction of sp³-hybridized carbons (Fsp3) is 0.611. The molecule has 1 aliphatic heterocycles. The quantitative estimate of drug-likeness (QED) is 0.846. The van der Waals surface area contributed by atoms with E-state index < -0.39 is 0 Å². The van der Waals surface area contributed by atoms with Crippen molar-refractivity contribution in [1.29, 1.82) is 0 Å². The van der Waals surface area contributed by atoms with E-state index >= 15 is 0 Å². The van der Waals surface area contributed by atoms with Crippen LogP contribution in [0.2, 0.25) is 0 Å². The number of piperidine rings is 1. The number of benzene rings is 1. The van der Waals surface area contributed by atoms with E-state index in [1.54, 1.807) is 0 Å². The molecule has 1 aliphatic rings. The lowest BCUT2D eigenvalue weighted by molar-refractivity contribution is -0.123. The Labute approximate surface area is 133 Å². The Morgan fingerprint density at radius 3 is 2.59 bits per heavy atom. The van der Waals surface area contributed by atoms with Crippen molar-refractivity contribution < 1.29 is 9.90 Å². The molecule has 4 heteroatoms. The van der Waals surface area contributed by atoms with Crippen molar-refractivity contribution >= 4 is 5.91 Å². The molecule has 2 rings (SSSR count). The molecule has 22 heavy (non-hydrogen) atoms. The van der Waals surface area contributed by atoms with Crippen molar-refractivity contribution in [2.75, 3.05) is 26.2 Å². The first-order chi connectivity index (χ1) is 10.6. The lowest BCUT2D eigenvalue weighted by Gasteiger charge is -2.39. The fourth-order valence-electron chi connectivity index (χ4n) is 3.07. The normalized spacial score (nSPS) is 18.1. The second-order valence-corrected chi connectivity index (χ2v) is 6.49. The summed E-state index contributed by atoms with van der Waals surface area (Å²) in [5, 5.41) is 12.6. The molecule has 1 aromatic carbocycles. The molecule has 0 spiro atoms. The Morgan fingerprint density at radius 1 is 1.32 bits per heavy atom. The van der Waals surface area contributed by atoms with Gasteiger partial charge in [-0.15, -0.1) is 0 Å². The summed E-state index contributed by atoms with van der Waals surface area (Å²) in [6.45, 7) is 7.30. The van der Waals surface area contributed by atoms with Gasteiger partial charge in [0.1, 0.15) is 0 Å². The molecule has 2 N–H and O–H groups in total. The molecular formula is C18H28N2O2. The number of carbonyl (C=O) groups excluding carboxylic acids is 1. The van der Waals surface area contributed by atoms with Crippen molar-refractivity contribution in [2.24, 2.45) is 5.41 Å². The summed E-state index contributed by atoms with van der Waals surface area (Å²) >= 11 is 0. The number of carbonyl (C=O) groups is 1. The maximum atomic E-state index is 12.1. The predicted octanol–water partition coefficient (Wildman–Crippen LogP) is 2.10. The monoisotopic (exact) mass is 304 g/mol. The molecule has 0 saturated carbocycles. The van der Waals surface area contributed by atoms with Crippen LogP contribution in [-0.2, 0) is 11.3 Å². The van der Waals surface area contributed by atoms with E-state index in [-0.39, 0.29) is 17.9 Å². The van der Waals surface area contributed by atoms with Crippen LogP contribution in [0.5, 0.6) is 0 Å². The van der Waals surface area contributed by atoms with E-state index in [9.17, 15) is 9.90 Å². The smallest absolute Gasteiger partial charge is 0.234 e. The number of aryl methyl sites for hydroxylation is 1. The Balaban J connectivity index is 1.76. The average molecular weight is 304 g/mol. The third-order valence-corrected chi connectivity index (χ3v) is 5.11. The van der Waals surface area contributed by atoms with E-state index in [4.69, 9.17) is 0 Å². The number of rotatable bonds is 6. The van der Waals surface area contributed by atoms with Gasteiger partial charge in [0, 0.05) is 13.2 Å². The SMILES string of the molecule is CCC1(CO)CCN(CC(=O)NCc2ccccc2C)CC1. The van der Waals surface area contributed by atoms with Crippen molar-refractivity contribution in [3.63, 3.8) is 0 Å². The van der Waals surface area contributed by atoms with Crippen molar-refractivity contribution in [3.05, 3.63) is 35.4 Å². The highest BCUT2D eigenvalue weighted by Gasteiger charge is 2.32. The van der Waals surface area contributed by atoms with Crippen molar-refractivity contribution in [2.45, 2.75) is 39.7 Å². The summed E-state index contributed by atoms with van der Waals surface area (Å²) < 4.78 is 0. The number of aliphatic hydroxyl groups excluding tert-OH is 1. The van der Waals surface area contributed by atoms with Crippen LogP contribution in [-0.4, -0.2) is 42.2 Å². The number of nitrogens with one attached hydrogen (secondary N) is 1. The van der Waals surface area contributed by atoms with Gasteiger partial charge in [0.25, 0.3) is 0 Å². The molecule has 0 aliphatic carbocycles. The molecule has 1 heterocycles. The van der Waals surface area contributed by atoms with Gasteiger partial charge in [0.05, 0.1) is 6.54 Å². The molecule has 0 unspecified atom stereocenters. The second kappa shape index (κ2) is 7.75. The Kier molecular flexibility index (Phi) is 5.98. The highest BCUT2D eigenvalue weighted by Crippen LogP contribution is 2.33. The lowest BCUT2D eigenvalue weighted by Crippen LogP contribution is -2.45. The molecular weight excluding hydrogens is 276 g/mol. The number of hydrogen-bond donors (Lipinski definition) is 2. The predicted molar refractivity (Wildman–Crippen MR) is 88.5 cm³/mol. The van der Waals surface area contributed by atoms with Crippen LogP contribution in [0.4, 0.5) is 0 Å². The van der Waals surface area contributed by atoms with Crippen LogP contribution in [0.25, 0.3) is 0 Å². The molecule has 0 bridgehead atoms. The first-order valence-corrected chi connectivity index (χ1v) is 8.23. The largest absolute Gasteiger partial charge is 0.396 e. The van der Waals surface area contributed by atoms with Crippen molar-refractivity contribution in [1.82, 2.24) is 10.2 Å². The summed E-state index contributed by atoms with van der Waals surface area (Å²) in [6, 6.07) is 8.12. The molecule has 122 valence electrons. The van der Waals surface area contributed by atoms with Crippen LogP contribution in [0, 0.1) is 12.3 Å². The molecule has 0 atom stereocenters. The summed E-state index contributed by atoms with van der Waals surface area (Å²) in [5.74, 6) is 0.0799. The zero-order chi connectivity index (χ0) is 16.0. The molecule has 0 radical (unpaired) electrons. The fourth-order valence-corrected chi connectivity index (χ4v) is 3.07. The molecule has 1 amide bonds. The third kappa shape index (κ3) is 4.31. The Bertz CT molecular complexity index is 488. The number of hydrogen-bond acceptors (Lipinski definition) is 3. The van der Waals surface area contributed by atoms with E-state index in [1.807, 2.05) is 18.2 Å². The van der Waals surface area contributed by atoms with Gasteiger partial charge in [0.15, 0.2) is 0 Å². The summed E-state index contributed by atoms with van der Waals surface area (Å²) in [7, 11) is 0. The Morgan fingerprint density at radius 2 is 2.00 bits per heavy atom. The van der Waals surface area contributed by atoms with Crippen LogP contribution in [0.15, 0.2) is 24.3 Å². The van der Waals surface area contributed by atoms with Gasteiger partial charge < -0.3 is 10.4 Å². The summed E-state index contributed by atoms with van der Waals surface area (Å²) in [4.78, 5) is 14.3. The van der Waals surface area contributed by atoms with Gasteiger partial charge in [-0.2, -0.15) is 0 Å². The first kappa shape index (κ1) is 17.0. The Hall–Kier alpha value is -1.39. The summed E-state index contributed by atoms with van der Waals surface area (Å²) in [6.07, 6.45) is 2.97. The van der Waals surface area contributed by atoms with Crippen molar-refractivity contribution in [3.8, 4) is 0 Å². The highest BCUT2D eigenvalue weighted by molar-refractivity contribution is 5.78. The maximum Gasteiger partial charge on any atom is 0.234 e. The van der Waals surface area contributed by atoms with Crippen LogP contribution >= 0.6 is 0 Å². The van der Waals surface area contributed by atoms with Gasteiger partial charge >= 0.3 is 0 Å². The maximum absolute atomic E-state index is 12.1. The lowest BCUT2D eigenvalue weighted by atomic mass is 9.77. The van der Waals surface area contributed by atoms with E-state index in [0.717, 1.165) is 32.4 Å². The first-order valence-electron chi connectivity index (χ1n) is 8.23. The molecule has 1 saturated heterocycles. The highest BCUT2D eigenvalue weighted by atomic mass is 16.3. The minimum Gasteiger partial charge on any atom is -0.396 e. The van der Waals surface area contributed by atoms with Crippen LogP contribution in [0.1, 0.15) is 37.3 Å². The van der Waals surface area contributed by atoms with Gasteiger partial charge in [0.2, 0.25) is 5.91 Å². The zero-order valence-corrected chi connectivity index (χ0v) is 13.8. The number of likely N-dealkylation sites (tertiary alicyclic amines) is 1. The van der Waals surface area contributed by atoms with E-state index in [1.165, 1.54) is 11.1 Å².